The minimum atomic E-state index is -2.09. The van der Waals surface area contributed by atoms with Crippen LogP contribution in [0.4, 0.5) is 5.69 Å². The lowest BCUT2D eigenvalue weighted by Gasteiger charge is -2.36. The van der Waals surface area contributed by atoms with Crippen molar-refractivity contribution in [2.75, 3.05) is 11.1 Å². The summed E-state index contributed by atoms with van der Waals surface area (Å²) in [5.41, 5.74) is 2.97. The molecule has 0 unspecified atom stereocenters. The van der Waals surface area contributed by atoms with Crippen LogP contribution in [0.3, 0.4) is 0 Å². The summed E-state index contributed by atoms with van der Waals surface area (Å²) in [4.78, 5) is 27.7. The zero-order valence-electron chi connectivity index (χ0n) is 19.7. The molecule has 8 nitrogen and oxygen atoms in total. The maximum atomic E-state index is 11.9. The molecule has 2 heterocycles. The molecular weight excluding hydrogens is 575 g/mol. The van der Waals surface area contributed by atoms with E-state index in [0.717, 1.165) is 11.1 Å². The van der Waals surface area contributed by atoms with Crippen LogP contribution in [0.25, 0.3) is 0 Å². The number of thioether (sulfide) groups is 1. The van der Waals surface area contributed by atoms with E-state index in [4.69, 9.17) is 44.3 Å². The van der Waals surface area contributed by atoms with Crippen LogP contribution in [0.15, 0.2) is 71.9 Å². The Hall–Kier alpha value is -2.37. The highest BCUT2D eigenvalue weighted by Crippen LogP contribution is 2.40. The van der Waals surface area contributed by atoms with Crippen LogP contribution < -0.4 is 5.32 Å². The van der Waals surface area contributed by atoms with E-state index in [2.05, 4.69) is 10.3 Å². The van der Waals surface area contributed by atoms with E-state index in [1.165, 1.54) is 17.8 Å². The van der Waals surface area contributed by atoms with Crippen molar-refractivity contribution >= 4 is 64.1 Å². The third-order valence-corrected chi connectivity index (χ3v) is 7.37. The van der Waals surface area contributed by atoms with Crippen LogP contribution in [0.5, 0.6) is 0 Å². The van der Waals surface area contributed by atoms with Crippen LogP contribution >= 0.6 is 46.6 Å². The van der Waals surface area contributed by atoms with Crippen molar-refractivity contribution in [1.82, 2.24) is 4.98 Å². The molecule has 1 saturated heterocycles. The van der Waals surface area contributed by atoms with Gasteiger partial charge in [-0.3, -0.25) is 4.79 Å². The summed E-state index contributed by atoms with van der Waals surface area (Å²) in [6, 6.07) is 17.3. The van der Waals surface area contributed by atoms with Crippen LogP contribution in [0.1, 0.15) is 45.9 Å². The van der Waals surface area contributed by atoms with Gasteiger partial charge in [-0.2, -0.15) is 0 Å². The lowest BCUT2D eigenvalue weighted by Crippen LogP contribution is -2.31. The number of carbonyl (C=O) groups excluding carboxylic acids is 1. The Morgan fingerprint density at radius 1 is 1.03 bits per heavy atom. The normalized spacial score (nSPS) is 19.6. The predicted molar refractivity (Wildman–Crippen MR) is 146 cm³/mol. The first-order valence-corrected chi connectivity index (χ1v) is 13.6. The minimum absolute atomic E-state index is 0.0616. The molecule has 3 aromatic rings. The minimum Gasteiger partial charge on any atom is -0.478 e. The largest absolute Gasteiger partial charge is 0.478 e. The number of carboxylic acids is 1. The fourth-order valence-electron chi connectivity index (χ4n) is 3.79. The topological polar surface area (TPSA) is 118 Å². The van der Waals surface area contributed by atoms with Gasteiger partial charge in [-0.25, -0.2) is 9.78 Å². The third-order valence-electron chi connectivity index (χ3n) is 5.72. The summed E-state index contributed by atoms with van der Waals surface area (Å²) in [5, 5.41) is 21.8. The number of pyridine rings is 1. The highest BCUT2D eigenvalue weighted by Gasteiger charge is 2.33. The maximum Gasteiger partial charge on any atom is 0.338 e. The quantitative estimate of drug-likeness (QED) is 0.216. The summed E-state index contributed by atoms with van der Waals surface area (Å²) >= 11 is 18.2. The first kappa shape index (κ1) is 28.6. The van der Waals surface area contributed by atoms with E-state index in [1.54, 1.807) is 36.5 Å². The highest BCUT2D eigenvalue weighted by atomic mass is 35.6. The number of halogens is 3. The van der Waals surface area contributed by atoms with Crippen LogP contribution in [-0.2, 0) is 20.9 Å². The van der Waals surface area contributed by atoms with Crippen molar-refractivity contribution in [3.05, 3.63) is 89.1 Å². The van der Waals surface area contributed by atoms with E-state index >= 15 is 0 Å². The summed E-state index contributed by atoms with van der Waals surface area (Å²) in [6.45, 7) is -0.0616. The molecule has 1 fully saturated rings. The number of anilines is 1. The number of nitrogens with zero attached hydrogens (tertiary/aromatic N) is 1. The van der Waals surface area contributed by atoms with Gasteiger partial charge in [0.05, 0.1) is 24.4 Å². The van der Waals surface area contributed by atoms with Crippen molar-refractivity contribution in [2.45, 2.75) is 40.3 Å². The Bertz CT molecular complexity index is 1270. The number of aromatic nitrogens is 1. The van der Waals surface area contributed by atoms with E-state index < -0.39 is 22.0 Å². The van der Waals surface area contributed by atoms with Crippen molar-refractivity contribution in [3.63, 3.8) is 0 Å². The average molecular weight is 598 g/mol. The Morgan fingerprint density at radius 2 is 1.71 bits per heavy atom. The summed E-state index contributed by atoms with van der Waals surface area (Å²) < 4.78 is 10.5. The number of aliphatic hydroxyl groups excluding tert-OH is 1. The van der Waals surface area contributed by atoms with Gasteiger partial charge in [0.25, 0.3) is 9.70 Å². The molecule has 3 atom stereocenters. The Balaban J connectivity index is 1.53. The molecule has 4 rings (SSSR count). The average Bonchev–Trinajstić information content (AvgIpc) is 2.91. The number of alkyl halides is 3. The van der Waals surface area contributed by atoms with Crippen molar-refractivity contribution in [3.8, 4) is 0 Å². The monoisotopic (exact) mass is 596 g/mol. The number of rotatable bonds is 8. The first-order chi connectivity index (χ1) is 18.1. The second-order valence-corrected chi connectivity index (χ2v) is 11.7. The molecule has 2 aromatic carbocycles. The second kappa shape index (κ2) is 12.7. The van der Waals surface area contributed by atoms with Crippen molar-refractivity contribution < 1.29 is 29.3 Å². The third kappa shape index (κ3) is 7.39. The fraction of sp³-hybridized carbons (Fsp3) is 0.269. The van der Waals surface area contributed by atoms with Gasteiger partial charge in [-0.05, 0) is 35.4 Å². The number of aromatic carboxylic acids is 1. The molecule has 0 saturated carbocycles. The van der Waals surface area contributed by atoms with Crippen molar-refractivity contribution in [2.24, 2.45) is 0 Å². The molecule has 0 bridgehead atoms. The zero-order chi connectivity index (χ0) is 27.3. The number of ether oxygens (including phenoxy) is 2. The Kier molecular flexibility index (Phi) is 9.54. The Labute approximate surface area is 238 Å². The highest BCUT2D eigenvalue weighted by molar-refractivity contribution is 7.99. The zero-order valence-corrected chi connectivity index (χ0v) is 22.8. The van der Waals surface area contributed by atoms with Crippen molar-refractivity contribution in [1.29, 1.82) is 0 Å². The molecule has 0 spiro atoms. The molecule has 3 N–H and O–H groups in total. The molecule has 1 amide bonds. The number of hydrogen-bond donors (Lipinski definition) is 3. The summed E-state index contributed by atoms with van der Waals surface area (Å²) in [6.07, 6.45) is 0.718. The van der Waals surface area contributed by atoms with Crippen LogP contribution in [0.2, 0.25) is 0 Å². The number of benzene rings is 2. The summed E-state index contributed by atoms with van der Waals surface area (Å²) in [7, 11) is 0. The number of carbonyl (C=O) groups is 2. The van der Waals surface area contributed by atoms with Gasteiger partial charge in [-0.1, -0.05) is 71.2 Å². The van der Waals surface area contributed by atoms with Gasteiger partial charge < -0.3 is 25.0 Å². The fourth-order valence-corrected chi connectivity index (χ4v) is 4.94. The van der Waals surface area contributed by atoms with Gasteiger partial charge in [0, 0.05) is 29.6 Å². The van der Waals surface area contributed by atoms with E-state index in [0.29, 0.717) is 28.5 Å². The Morgan fingerprint density at radius 3 is 2.34 bits per heavy atom. The van der Waals surface area contributed by atoms with Gasteiger partial charge >= 0.3 is 5.97 Å². The second-order valence-electron chi connectivity index (χ2n) is 8.40. The standard InChI is InChI=1S/C26H23Cl3N2O6S/c27-26(28,29)25(35)31-18-9-7-17(8-10-18)24-36-19(14-38-22-20(23(33)34)2-1-11-30-22)12-21(37-24)16-5-3-15(13-32)4-6-16/h1-11,19,21,24,32H,12-14H2,(H,31,35)(H,33,34)/t19-,21+,24+/m1/s1. The molecule has 1 aliphatic rings. The van der Waals surface area contributed by atoms with Crippen LogP contribution in [-0.4, -0.2) is 42.7 Å². The smallest absolute Gasteiger partial charge is 0.338 e. The molecule has 200 valence electrons. The predicted octanol–water partition coefficient (Wildman–Crippen LogP) is 5.92. The summed E-state index contributed by atoms with van der Waals surface area (Å²) in [5.74, 6) is -1.38. The number of hydrogen-bond acceptors (Lipinski definition) is 7. The molecule has 1 aliphatic heterocycles. The van der Waals surface area contributed by atoms with Crippen LogP contribution in [0, 0.1) is 0 Å². The molecular formula is C26H23Cl3N2O6S. The van der Waals surface area contributed by atoms with Gasteiger partial charge in [0.1, 0.15) is 5.03 Å². The van der Waals surface area contributed by atoms with E-state index in [1.807, 2.05) is 24.3 Å². The number of amides is 1. The molecule has 1 aromatic heterocycles. The molecule has 0 aliphatic carbocycles. The SMILES string of the molecule is O=C(O)c1cccnc1SC[C@H]1C[C@@H](c2ccc(CO)cc2)O[C@@H](c2ccc(NC(=O)C(Cl)(Cl)Cl)cc2)O1. The lowest BCUT2D eigenvalue weighted by molar-refractivity contribution is -0.245. The first-order valence-electron chi connectivity index (χ1n) is 11.4. The van der Waals surface area contributed by atoms with Gasteiger partial charge in [0.2, 0.25) is 0 Å². The van der Waals surface area contributed by atoms with E-state index in [9.17, 15) is 19.8 Å². The van der Waals surface area contributed by atoms with Gasteiger partial charge in [-0.15, -0.1) is 11.8 Å². The van der Waals surface area contributed by atoms with E-state index in [-0.39, 0.29) is 24.4 Å². The maximum absolute atomic E-state index is 11.9. The van der Waals surface area contributed by atoms with Gasteiger partial charge in [0.15, 0.2) is 6.29 Å². The number of carboxylic acid groups (broad SMARTS) is 1. The lowest BCUT2D eigenvalue weighted by atomic mass is 10.0. The molecule has 0 radical (unpaired) electrons. The number of nitrogens with one attached hydrogen (secondary N) is 1. The molecule has 12 heteroatoms. The molecule has 38 heavy (non-hydrogen) atoms. The number of aliphatic hydroxyl groups is 1.